The van der Waals surface area contributed by atoms with Crippen LogP contribution in [0, 0.1) is 10.1 Å². The van der Waals surface area contributed by atoms with Gasteiger partial charge in [-0.1, -0.05) is 25.5 Å². The number of benzene rings is 1. The van der Waals surface area contributed by atoms with Crippen LogP contribution in [0.25, 0.3) is 0 Å². The SMILES string of the molecule is CCCC(CC(=O)OCC)Nc1ccccc1[N+](=O)[O-]. The van der Waals surface area contributed by atoms with Crippen LogP contribution < -0.4 is 5.32 Å². The van der Waals surface area contributed by atoms with Gasteiger partial charge in [0.2, 0.25) is 0 Å². The average molecular weight is 280 g/mol. The Morgan fingerprint density at radius 3 is 2.70 bits per heavy atom. The molecular weight excluding hydrogens is 260 g/mol. The van der Waals surface area contributed by atoms with Gasteiger partial charge in [-0.15, -0.1) is 0 Å². The van der Waals surface area contributed by atoms with Crippen LogP contribution in [0.3, 0.4) is 0 Å². The van der Waals surface area contributed by atoms with Crippen molar-refractivity contribution in [3.63, 3.8) is 0 Å². The molecule has 0 amide bonds. The zero-order valence-electron chi connectivity index (χ0n) is 11.8. The van der Waals surface area contributed by atoms with E-state index in [4.69, 9.17) is 4.74 Å². The molecule has 1 aromatic rings. The first-order valence-corrected chi connectivity index (χ1v) is 6.74. The Balaban J connectivity index is 2.79. The van der Waals surface area contributed by atoms with Crippen molar-refractivity contribution in [1.82, 2.24) is 0 Å². The van der Waals surface area contributed by atoms with Crippen LogP contribution >= 0.6 is 0 Å². The highest BCUT2D eigenvalue weighted by atomic mass is 16.6. The number of nitro benzene ring substituents is 1. The summed E-state index contributed by atoms with van der Waals surface area (Å²) in [4.78, 5) is 22.1. The molecule has 1 rings (SSSR count). The third-order valence-electron chi connectivity index (χ3n) is 2.82. The first-order chi connectivity index (χ1) is 9.58. The lowest BCUT2D eigenvalue weighted by Crippen LogP contribution is -2.24. The van der Waals surface area contributed by atoms with E-state index in [0.717, 1.165) is 12.8 Å². The Hall–Kier alpha value is -2.11. The number of hydrogen-bond acceptors (Lipinski definition) is 5. The highest BCUT2D eigenvalue weighted by Gasteiger charge is 2.18. The number of nitrogens with one attached hydrogen (secondary N) is 1. The highest BCUT2D eigenvalue weighted by Crippen LogP contribution is 2.25. The van der Waals surface area contributed by atoms with Crippen LogP contribution in [-0.4, -0.2) is 23.5 Å². The van der Waals surface area contributed by atoms with Gasteiger partial charge in [0, 0.05) is 12.1 Å². The summed E-state index contributed by atoms with van der Waals surface area (Å²) in [7, 11) is 0. The van der Waals surface area contributed by atoms with Gasteiger partial charge >= 0.3 is 5.97 Å². The van der Waals surface area contributed by atoms with E-state index in [1.165, 1.54) is 6.07 Å². The molecule has 0 aliphatic carbocycles. The first kappa shape index (κ1) is 15.9. The first-order valence-electron chi connectivity index (χ1n) is 6.74. The third-order valence-corrected chi connectivity index (χ3v) is 2.82. The molecule has 1 N–H and O–H groups in total. The van der Waals surface area contributed by atoms with Crippen molar-refractivity contribution < 1.29 is 14.5 Å². The number of rotatable bonds is 8. The van der Waals surface area contributed by atoms with Gasteiger partial charge < -0.3 is 10.1 Å². The lowest BCUT2D eigenvalue weighted by atomic mass is 10.1. The van der Waals surface area contributed by atoms with E-state index in [9.17, 15) is 14.9 Å². The second-order valence-electron chi connectivity index (χ2n) is 4.41. The fourth-order valence-corrected chi connectivity index (χ4v) is 1.97. The van der Waals surface area contributed by atoms with Crippen molar-refractivity contribution in [3.05, 3.63) is 34.4 Å². The number of nitrogens with zero attached hydrogens (tertiary/aromatic N) is 1. The summed E-state index contributed by atoms with van der Waals surface area (Å²) in [6.45, 7) is 4.09. The number of hydrogen-bond donors (Lipinski definition) is 1. The van der Waals surface area contributed by atoms with Crippen molar-refractivity contribution in [2.45, 2.75) is 39.2 Å². The molecule has 1 unspecified atom stereocenters. The van der Waals surface area contributed by atoms with Crippen LogP contribution in [0.4, 0.5) is 11.4 Å². The predicted octanol–water partition coefficient (Wildman–Crippen LogP) is 3.13. The molecule has 110 valence electrons. The van der Waals surface area contributed by atoms with Crippen molar-refractivity contribution in [2.75, 3.05) is 11.9 Å². The summed E-state index contributed by atoms with van der Waals surface area (Å²) in [6, 6.07) is 6.26. The van der Waals surface area contributed by atoms with Crippen molar-refractivity contribution in [2.24, 2.45) is 0 Å². The average Bonchev–Trinajstić information content (AvgIpc) is 2.39. The molecular formula is C14H20N2O4. The zero-order valence-corrected chi connectivity index (χ0v) is 11.8. The van der Waals surface area contributed by atoms with E-state index in [-0.39, 0.29) is 24.1 Å². The van der Waals surface area contributed by atoms with Crippen molar-refractivity contribution in [3.8, 4) is 0 Å². The van der Waals surface area contributed by atoms with Crippen LogP contribution in [0.5, 0.6) is 0 Å². The van der Waals surface area contributed by atoms with E-state index < -0.39 is 4.92 Å². The Bertz CT molecular complexity index is 462. The number of carbonyl (C=O) groups excluding carboxylic acids is 1. The molecule has 1 aromatic carbocycles. The fraction of sp³-hybridized carbons (Fsp3) is 0.500. The molecule has 0 bridgehead atoms. The van der Waals surface area contributed by atoms with Gasteiger partial charge in [0.15, 0.2) is 0 Å². The molecule has 0 saturated carbocycles. The number of carbonyl (C=O) groups is 1. The zero-order chi connectivity index (χ0) is 15.0. The van der Waals surface area contributed by atoms with Crippen LogP contribution in [-0.2, 0) is 9.53 Å². The van der Waals surface area contributed by atoms with Gasteiger partial charge in [-0.2, -0.15) is 0 Å². The molecule has 0 fully saturated rings. The highest BCUT2D eigenvalue weighted by molar-refractivity contribution is 5.71. The largest absolute Gasteiger partial charge is 0.466 e. The molecule has 6 heteroatoms. The smallest absolute Gasteiger partial charge is 0.307 e. The maximum atomic E-state index is 11.5. The van der Waals surface area contributed by atoms with Crippen LogP contribution in [0.2, 0.25) is 0 Å². The summed E-state index contributed by atoms with van der Waals surface area (Å²) in [5.41, 5.74) is 0.442. The van der Waals surface area contributed by atoms with Gasteiger partial charge in [-0.3, -0.25) is 14.9 Å². The Morgan fingerprint density at radius 1 is 1.40 bits per heavy atom. The molecule has 20 heavy (non-hydrogen) atoms. The number of esters is 1. The number of nitro groups is 1. The van der Waals surface area contributed by atoms with Gasteiger partial charge in [-0.25, -0.2) is 0 Å². The molecule has 0 saturated heterocycles. The summed E-state index contributed by atoms with van der Waals surface area (Å²) in [6.07, 6.45) is 1.82. The topological polar surface area (TPSA) is 81.5 Å². The second-order valence-corrected chi connectivity index (χ2v) is 4.41. The molecule has 0 heterocycles. The predicted molar refractivity (Wildman–Crippen MR) is 76.7 cm³/mol. The summed E-state index contributed by atoms with van der Waals surface area (Å²) >= 11 is 0. The van der Waals surface area contributed by atoms with E-state index in [1.807, 2.05) is 6.92 Å². The Kier molecular flexibility index (Phi) is 6.49. The summed E-state index contributed by atoms with van der Waals surface area (Å²) in [5.74, 6) is -0.294. The van der Waals surface area contributed by atoms with Crippen LogP contribution in [0.15, 0.2) is 24.3 Å². The van der Waals surface area contributed by atoms with E-state index in [0.29, 0.717) is 12.3 Å². The minimum absolute atomic E-state index is 0.0115. The molecule has 6 nitrogen and oxygen atoms in total. The fourth-order valence-electron chi connectivity index (χ4n) is 1.97. The number of anilines is 1. The van der Waals surface area contributed by atoms with Crippen molar-refractivity contribution >= 4 is 17.3 Å². The van der Waals surface area contributed by atoms with E-state index >= 15 is 0 Å². The second kappa shape index (κ2) is 8.14. The minimum atomic E-state index is -0.435. The van der Waals surface area contributed by atoms with E-state index in [1.54, 1.807) is 25.1 Å². The standard InChI is InChI=1S/C14H20N2O4/c1-3-7-11(10-14(17)20-4-2)15-12-8-5-6-9-13(12)16(18)19/h5-6,8-9,11,15H,3-4,7,10H2,1-2H3. The maximum Gasteiger partial charge on any atom is 0.307 e. The number of ether oxygens (including phenoxy) is 1. The summed E-state index contributed by atoms with van der Waals surface area (Å²) in [5, 5.41) is 14.0. The molecule has 0 spiro atoms. The number of para-hydroxylation sites is 2. The van der Waals surface area contributed by atoms with E-state index in [2.05, 4.69) is 5.32 Å². The summed E-state index contributed by atoms with van der Waals surface area (Å²) < 4.78 is 4.92. The van der Waals surface area contributed by atoms with Crippen molar-refractivity contribution in [1.29, 1.82) is 0 Å². The molecule has 0 aliphatic rings. The van der Waals surface area contributed by atoms with Gasteiger partial charge in [-0.05, 0) is 19.4 Å². The van der Waals surface area contributed by atoms with Crippen LogP contribution in [0.1, 0.15) is 33.1 Å². The lowest BCUT2D eigenvalue weighted by Gasteiger charge is -2.18. The molecule has 0 aliphatic heterocycles. The van der Waals surface area contributed by atoms with Gasteiger partial charge in [0.1, 0.15) is 5.69 Å². The molecule has 0 radical (unpaired) electrons. The Morgan fingerprint density at radius 2 is 2.10 bits per heavy atom. The maximum absolute atomic E-state index is 11.5. The lowest BCUT2D eigenvalue weighted by molar-refractivity contribution is -0.384. The minimum Gasteiger partial charge on any atom is -0.466 e. The monoisotopic (exact) mass is 280 g/mol. The Labute approximate surface area is 118 Å². The molecule has 0 aromatic heterocycles. The van der Waals surface area contributed by atoms with Gasteiger partial charge in [0.25, 0.3) is 5.69 Å². The third kappa shape index (κ3) is 4.87. The molecule has 1 atom stereocenters. The normalized spacial score (nSPS) is 11.7. The van der Waals surface area contributed by atoms with Gasteiger partial charge in [0.05, 0.1) is 18.0 Å². The quantitative estimate of drug-likeness (QED) is 0.449.